The van der Waals surface area contributed by atoms with Crippen molar-refractivity contribution in [1.82, 2.24) is 9.80 Å². The smallest absolute Gasteiger partial charge is 0.254 e. The highest BCUT2D eigenvalue weighted by Crippen LogP contribution is 2.19. The van der Waals surface area contributed by atoms with Crippen molar-refractivity contribution >= 4 is 11.7 Å². The number of ketones is 1. The molecule has 6 heteroatoms. The first-order chi connectivity index (χ1) is 14.6. The molecule has 0 radical (unpaired) electrons. The molecule has 2 aliphatic heterocycles. The lowest BCUT2D eigenvalue weighted by Gasteiger charge is -2.24. The Hall–Kier alpha value is -2.57. The van der Waals surface area contributed by atoms with Crippen molar-refractivity contribution in [1.29, 1.82) is 0 Å². The summed E-state index contributed by atoms with van der Waals surface area (Å²) in [6, 6.07) is 12.3. The van der Waals surface area contributed by atoms with Gasteiger partial charge in [-0.1, -0.05) is 18.2 Å². The van der Waals surface area contributed by atoms with Crippen molar-refractivity contribution in [3.8, 4) is 0 Å². The fourth-order valence-corrected chi connectivity index (χ4v) is 4.23. The van der Waals surface area contributed by atoms with Gasteiger partial charge in [0.15, 0.2) is 5.78 Å². The fourth-order valence-electron chi connectivity index (χ4n) is 4.23. The molecular formula is C24H27FN2O3. The van der Waals surface area contributed by atoms with Gasteiger partial charge in [-0.05, 0) is 56.1 Å². The third-order valence-electron chi connectivity index (χ3n) is 5.87. The summed E-state index contributed by atoms with van der Waals surface area (Å²) in [6.45, 7) is 4.81. The number of nitrogens with zero attached hydrogens (tertiary/aromatic N) is 2. The maximum Gasteiger partial charge on any atom is 0.254 e. The van der Waals surface area contributed by atoms with E-state index >= 15 is 0 Å². The van der Waals surface area contributed by atoms with Gasteiger partial charge in [0.25, 0.3) is 5.91 Å². The summed E-state index contributed by atoms with van der Waals surface area (Å²) in [7, 11) is 0. The summed E-state index contributed by atoms with van der Waals surface area (Å²) in [5.41, 5.74) is 1.13. The molecule has 1 amide bonds. The molecule has 4 rings (SSSR count). The first-order valence-electron chi connectivity index (χ1n) is 10.6. The number of ether oxygens (including phenoxy) is 1. The number of hydrogen-bond donors (Lipinski definition) is 0. The molecule has 0 spiro atoms. The van der Waals surface area contributed by atoms with Gasteiger partial charge in [-0.3, -0.25) is 14.5 Å². The van der Waals surface area contributed by atoms with Gasteiger partial charge < -0.3 is 9.64 Å². The van der Waals surface area contributed by atoms with E-state index in [-0.39, 0.29) is 11.7 Å². The summed E-state index contributed by atoms with van der Waals surface area (Å²) in [4.78, 5) is 30.5. The third kappa shape index (κ3) is 4.77. The molecule has 0 saturated carbocycles. The van der Waals surface area contributed by atoms with E-state index in [1.165, 1.54) is 24.3 Å². The number of hydrogen-bond acceptors (Lipinski definition) is 4. The largest absolute Gasteiger partial charge is 0.377 e. The van der Waals surface area contributed by atoms with Crippen LogP contribution < -0.4 is 0 Å². The van der Waals surface area contributed by atoms with Gasteiger partial charge in [0.2, 0.25) is 0 Å². The lowest BCUT2D eigenvalue weighted by molar-refractivity contribution is 0.0702. The molecule has 2 heterocycles. The van der Waals surface area contributed by atoms with Crippen LogP contribution in [0.5, 0.6) is 0 Å². The number of rotatable bonds is 5. The van der Waals surface area contributed by atoms with E-state index in [1.807, 2.05) is 4.90 Å². The maximum absolute atomic E-state index is 13.3. The number of halogens is 1. The van der Waals surface area contributed by atoms with Gasteiger partial charge in [-0.2, -0.15) is 0 Å². The van der Waals surface area contributed by atoms with Crippen LogP contribution in [0, 0.1) is 5.82 Å². The van der Waals surface area contributed by atoms with Crippen LogP contribution in [0.25, 0.3) is 0 Å². The second-order valence-corrected chi connectivity index (χ2v) is 7.96. The maximum atomic E-state index is 13.3. The Labute approximate surface area is 176 Å². The van der Waals surface area contributed by atoms with Crippen LogP contribution in [0.3, 0.4) is 0 Å². The van der Waals surface area contributed by atoms with Gasteiger partial charge in [-0.25, -0.2) is 4.39 Å². The normalized spacial score (nSPS) is 20.2. The topological polar surface area (TPSA) is 49.9 Å². The molecular weight excluding hydrogens is 383 g/mol. The molecule has 30 heavy (non-hydrogen) atoms. The van der Waals surface area contributed by atoms with Crippen molar-refractivity contribution in [2.45, 2.75) is 25.4 Å². The lowest BCUT2D eigenvalue weighted by atomic mass is 9.97. The van der Waals surface area contributed by atoms with E-state index in [1.54, 1.807) is 24.3 Å². The molecule has 158 valence electrons. The van der Waals surface area contributed by atoms with Crippen LogP contribution >= 0.6 is 0 Å². The molecule has 2 aromatic rings. The molecule has 1 atom stereocenters. The molecule has 2 aromatic carbocycles. The van der Waals surface area contributed by atoms with Gasteiger partial charge in [0, 0.05) is 43.9 Å². The van der Waals surface area contributed by atoms with Crippen LogP contribution in [-0.4, -0.2) is 66.9 Å². The Balaban J connectivity index is 1.46. The molecule has 2 saturated heterocycles. The molecule has 2 aliphatic rings. The van der Waals surface area contributed by atoms with Crippen molar-refractivity contribution in [3.63, 3.8) is 0 Å². The van der Waals surface area contributed by atoms with Crippen LogP contribution in [0.1, 0.15) is 45.5 Å². The highest BCUT2D eigenvalue weighted by Gasteiger charge is 2.26. The summed E-state index contributed by atoms with van der Waals surface area (Å²) in [5, 5.41) is 0. The van der Waals surface area contributed by atoms with E-state index in [2.05, 4.69) is 4.90 Å². The highest BCUT2D eigenvalue weighted by molar-refractivity contribution is 6.15. The molecule has 1 unspecified atom stereocenters. The van der Waals surface area contributed by atoms with Crippen LogP contribution in [0.2, 0.25) is 0 Å². The van der Waals surface area contributed by atoms with E-state index in [4.69, 9.17) is 4.74 Å². The minimum absolute atomic E-state index is 0.125. The number of carbonyl (C=O) groups excluding carboxylic acids is 2. The van der Waals surface area contributed by atoms with Crippen molar-refractivity contribution < 1.29 is 18.7 Å². The quantitative estimate of drug-likeness (QED) is 0.709. The predicted octanol–water partition coefficient (Wildman–Crippen LogP) is 3.38. The Morgan fingerprint density at radius 2 is 1.70 bits per heavy atom. The lowest BCUT2D eigenvalue weighted by Crippen LogP contribution is -2.38. The molecule has 0 aliphatic carbocycles. The molecule has 0 aromatic heterocycles. The standard InChI is InChI=1S/C24H27FN2O3/c25-19-10-8-18(9-11-19)23(28)21-6-1-2-7-22(21)24(29)27-13-4-12-26(14-15-27)17-20-5-3-16-30-20/h1-2,6-11,20H,3-5,12-17H2. The van der Waals surface area contributed by atoms with E-state index < -0.39 is 5.82 Å². The Morgan fingerprint density at radius 3 is 2.43 bits per heavy atom. The van der Waals surface area contributed by atoms with Gasteiger partial charge >= 0.3 is 0 Å². The van der Waals surface area contributed by atoms with Crippen LogP contribution in [-0.2, 0) is 4.74 Å². The SMILES string of the molecule is O=C(c1ccc(F)cc1)c1ccccc1C(=O)N1CCCN(CC2CCCO2)CC1. The third-order valence-corrected chi connectivity index (χ3v) is 5.87. The summed E-state index contributed by atoms with van der Waals surface area (Å²) < 4.78 is 19.0. The number of carbonyl (C=O) groups is 2. The van der Waals surface area contributed by atoms with E-state index in [9.17, 15) is 14.0 Å². The Kier molecular flexibility index (Phi) is 6.55. The minimum Gasteiger partial charge on any atom is -0.377 e. The zero-order valence-electron chi connectivity index (χ0n) is 17.1. The summed E-state index contributed by atoms with van der Waals surface area (Å²) in [6.07, 6.45) is 3.44. The van der Waals surface area contributed by atoms with Gasteiger partial charge in [-0.15, -0.1) is 0 Å². The highest BCUT2D eigenvalue weighted by atomic mass is 19.1. The predicted molar refractivity (Wildman–Crippen MR) is 112 cm³/mol. The number of amides is 1. The van der Waals surface area contributed by atoms with E-state index in [0.29, 0.717) is 35.9 Å². The summed E-state index contributed by atoms with van der Waals surface area (Å²) >= 11 is 0. The van der Waals surface area contributed by atoms with E-state index in [0.717, 1.165) is 45.5 Å². The fraction of sp³-hybridized carbons (Fsp3) is 0.417. The Morgan fingerprint density at radius 1 is 0.933 bits per heavy atom. The zero-order valence-corrected chi connectivity index (χ0v) is 17.1. The number of benzene rings is 2. The van der Waals surface area contributed by atoms with Crippen molar-refractivity contribution in [2.75, 3.05) is 39.3 Å². The van der Waals surface area contributed by atoms with Crippen molar-refractivity contribution in [2.24, 2.45) is 0 Å². The molecule has 0 N–H and O–H groups in total. The second kappa shape index (κ2) is 9.49. The van der Waals surface area contributed by atoms with Gasteiger partial charge in [0.05, 0.1) is 11.7 Å². The average Bonchev–Trinajstić information content (AvgIpc) is 3.17. The monoisotopic (exact) mass is 410 g/mol. The Bertz CT molecular complexity index is 894. The zero-order chi connectivity index (χ0) is 20.9. The first kappa shape index (κ1) is 20.7. The molecule has 5 nitrogen and oxygen atoms in total. The van der Waals surface area contributed by atoms with Crippen LogP contribution in [0.15, 0.2) is 48.5 Å². The van der Waals surface area contributed by atoms with Crippen molar-refractivity contribution in [3.05, 3.63) is 71.0 Å². The van der Waals surface area contributed by atoms with Crippen LogP contribution in [0.4, 0.5) is 4.39 Å². The van der Waals surface area contributed by atoms with Gasteiger partial charge in [0.1, 0.15) is 5.82 Å². The first-order valence-corrected chi connectivity index (χ1v) is 10.6. The molecule has 2 fully saturated rings. The summed E-state index contributed by atoms with van der Waals surface area (Å²) in [5.74, 6) is -0.790. The second-order valence-electron chi connectivity index (χ2n) is 7.96. The minimum atomic E-state index is -0.395. The average molecular weight is 410 g/mol. The molecule has 0 bridgehead atoms.